The van der Waals surface area contributed by atoms with Crippen LogP contribution in [0.1, 0.15) is 23.6 Å². The fourth-order valence-electron chi connectivity index (χ4n) is 3.65. The van der Waals surface area contributed by atoms with E-state index >= 15 is 0 Å². The van der Waals surface area contributed by atoms with Crippen LogP contribution in [0.15, 0.2) is 67.3 Å². The van der Waals surface area contributed by atoms with Crippen molar-refractivity contribution < 1.29 is 0 Å². The van der Waals surface area contributed by atoms with E-state index in [9.17, 15) is 0 Å². The molecule has 1 N–H and O–H groups in total. The van der Waals surface area contributed by atoms with Crippen LogP contribution in [-0.4, -0.2) is 33.6 Å². The van der Waals surface area contributed by atoms with Crippen molar-refractivity contribution in [3.05, 3.63) is 83.9 Å². The van der Waals surface area contributed by atoms with E-state index in [1.807, 2.05) is 17.1 Å². The highest BCUT2D eigenvalue weighted by Gasteiger charge is 2.17. The van der Waals surface area contributed by atoms with Gasteiger partial charge < -0.3 is 9.88 Å². The molecule has 2 heterocycles. The molecule has 0 saturated carbocycles. The van der Waals surface area contributed by atoms with Gasteiger partial charge in [0, 0.05) is 50.3 Å². The molecule has 2 aromatic carbocycles. The first-order chi connectivity index (χ1) is 12.8. The molecular weight excluding hydrogens is 320 g/mol. The van der Waals surface area contributed by atoms with Gasteiger partial charge in [-0.05, 0) is 42.2 Å². The highest BCUT2D eigenvalue weighted by atomic mass is 15.1. The lowest BCUT2D eigenvalue weighted by Gasteiger charge is -2.31. The number of nitrogens with zero attached hydrogens (tertiary/aromatic N) is 3. The second-order valence-corrected chi connectivity index (χ2v) is 7.17. The first-order valence-electron chi connectivity index (χ1n) is 9.38. The fourth-order valence-corrected chi connectivity index (χ4v) is 3.65. The largest absolute Gasteiger partial charge is 0.309 e. The maximum atomic E-state index is 4.10. The molecule has 0 amide bonds. The Morgan fingerprint density at radius 2 is 1.88 bits per heavy atom. The molecule has 1 aliphatic heterocycles. The van der Waals surface area contributed by atoms with Gasteiger partial charge in [-0.25, -0.2) is 4.98 Å². The highest BCUT2D eigenvalue weighted by Crippen LogP contribution is 2.18. The van der Waals surface area contributed by atoms with E-state index in [0.717, 1.165) is 31.9 Å². The van der Waals surface area contributed by atoms with Crippen LogP contribution in [0, 0.1) is 0 Å². The SMILES string of the molecule is CC(CN1CCc2ccccc2C1)NCc1ccc(-n2ccnc2)cc1. The molecule has 1 aliphatic rings. The zero-order chi connectivity index (χ0) is 17.8. The van der Waals surface area contributed by atoms with Crippen LogP contribution in [0.4, 0.5) is 0 Å². The third kappa shape index (κ3) is 4.03. The molecule has 3 aromatic rings. The summed E-state index contributed by atoms with van der Waals surface area (Å²) in [5.41, 5.74) is 5.46. The van der Waals surface area contributed by atoms with Gasteiger partial charge in [0.1, 0.15) is 0 Å². The minimum atomic E-state index is 0.466. The summed E-state index contributed by atoms with van der Waals surface area (Å²) >= 11 is 0. The van der Waals surface area contributed by atoms with E-state index in [1.165, 1.54) is 23.1 Å². The van der Waals surface area contributed by atoms with Crippen LogP contribution in [-0.2, 0) is 19.5 Å². The highest BCUT2D eigenvalue weighted by molar-refractivity contribution is 5.34. The first kappa shape index (κ1) is 17.0. The van der Waals surface area contributed by atoms with Crippen LogP contribution in [0.5, 0.6) is 0 Å². The van der Waals surface area contributed by atoms with Crippen LogP contribution in [0.25, 0.3) is 5.69 Å². The van der Waals surface area contributed by atoms with Gasteiger partial charge in [0.2, 0.25) is 0 Å². The Balaban J connectivity index is 1.27. The average molecular weight is 346 g/mol. The van der Waals surface area contributed by atoms with E-state index in [4.69, 9.17) is 0 Å². The zero-order valence-electron chi connectivity index (χ0n) is 15.3. The van der Waals surface area contributed by atoms with Crippen molar-refractivity contribution in [2.75, 3.05) is 13.1 Å². The molecule has 4 heteroatoms. The summed E-state index contributed by atoms with van der Waals surface area (Å²) in [5, 5.41) is 3.66. The predicted octanol–water partition coefficient (Wildman–Crippen LogP) is 3.41. The molecule has 134 valence electrons. The second-order valence-electron chi connectivity index (χ2n) is 7.17. The third-order valence-electron chi connectivity index (χ3n) is 5.14. The molecule has 0 fully saturated rings. The van der Waals surface area contributed by atoms with E-state index < -0.39 is 0 Å². The van der Waals surface area contributed by atoms with E-state index in [-0.39, 0.29) is 0 Å². The Bertz CT molecular complexity index is 824. The molecule has 1 aromatic heterocycles. The fraction of sp³-hybridized carbons (Fsp3) is 0.318. The number of benzene rings is 2. The van der Waals surface area contributed by atoms with Crippen molar-refractivity contribution in [3.8, 4) is 5.69 Å². The lowest BCUT2D eigenvalue weighted by molar-refractivity contribution is 0.229. The standard InChI is InChI=1S/C22H26N4/c1-18(15-25-12-10-20-4-2-3-5-21(20)16-25)24-14-19-6-8-22(9-7-19)26-13-11-23-17-26/h2-9,11,13,17-18,24H,10,12,14-16H2,1H3. The summed E-state index contributed by atoms with van der Waals surface area (Å²) in [7, 11) is 0. The van der Waals surface area contributed by atoms with Crippen LogP contribution in [0.3, 0.4) is 0 Å². The molecule has 0 saturated heterocycles. The number of rotatable bonds is 6. The summed E-state index contributed by atoms with van der Waals surface area (Å²) in [5.74, 6) is 0. The van der Waals surface area contributed by atoms with Crippen molar-refractivity contribution in [2.24, 2.45) is 0 Å². The molecule has 0 aliphatic carbocycles. The van der Waals surface area contributed by atoms with Gasteiger partial charge >= 0.3 is 0 Å². The molecule has 1 atom stereocenters. The minimum Gasteiger partial charge on any atom is -0.309 e. The lowest BCUT2D eigenvalue weighted by atomic mass is 9.99. The van der Waals surface area contributed by atoms with Crippen molar-refractivity contribution in [2.45, 2.75) is 32.5 Å². The van der Waals surface area contributed by atoms with Gasteiger partial charge in [-0.1, -0.05) is 36.4 Å². The Labute approximate surface area is 155 Å². The number of nitrogens with one attached hydrogen (secondary N) is 1. The Morgan fingerprint density at radius 1 is 1.08 bits per heavy atom. The molecule has 26 heavy (non-hydrogen) atoms. The Morgan fingerprint density at radius 3 is 2.65 bits per heavy atom. The van der Waals surface area contributed by atoms with Gasteiger partial charge in [-0.3, -0.25) is 4.90 Å². The van der Waals surface area contributed by atoms with Gasteiger partial charge in [0.05, 0.1) is 6.33 Å². The molecule has 1 unspecified atom stereocenters. The normalized spacial score (nSPS) is 15.6. The summed E-state index contributed by atoms with van der Waals surface area (Å²) in [6.07, 6.45) is 6.76. The molecule has 0 bridgehead atoms. The lowest BCUT2D eigenvalue weighted by Crippen LogP contribution is -2.41. The minimum absolute atomic E-state index is 0.466. The summed E-state index contributed by atoms with van der Waals surface area (Å²) in [6, 6.07) is 18.0. The van der Waals surface area contributed by atoms with E-state index in [1.54, 1.807) is 6.20 Å². The van der Waals surface area contributed by atoms with Crippen LogP contribution < -0.4 is 5.32 Å². The van der Waals surface area contributed by atoms with Gasteiger partial charge in [-0.2, -0.15) is 0 Å². The average Bonchev–Trinajstić information content (AvgIpc) is 3.21. The second kappa shape index (κ2) is 7.85. The van der Waals surface area contributed by atoms with Crippen molar-refractivity contribution in [1.82, 2.24) is 19.8 Å². The maximum Gasteiger partial charge on any atom is 0.0991 e. The third-order valence-corrected chi connectivity index (χ3v) is 5.14. The summed E-state index contributed by atoms with van der Waals surface area (Å²) in [6.45, 7) is 6.49. The molecule has 0 spiro atoms. The maximum absolute atomic E-state index is 4.10. The molecule has 4 rings (SSSR count). The van der Waals surface area contributed by atoms with Crippen molar-refractivity contribution in [1.29, 1.82) is 0 Å². The number of hydrogen-bond donors (Lipinski definition) is 1. The quantitative estimate of drug-likeness (QED) is 0.742. The van der Waals surface area contributed by atoms with Crippen LogP contribution in [0.2, 0.25) is 0 Å². The van der Waals surface area contributed by atoms with Crippen molar-refractivity contribution in [3.63, 3.8) is 0 Å². The van der Waals surface area contributed by atoms with E-state index in [2.05, 4.69) is 70.7 Å². The number of fused-ring (bicyclic) bond motifs is 1. The van der Waals surface area contributed by atoms with Gasteiger partial charge in [-0.15, -0.1) is 0 Å². The summed E-state index contributed by atoms with van der Waals surface area (Å²) in [4.78, 5) is 6.65. The number of imidazole rings is 1. The topological polar surface area (TPSA) is 33.1 Å². The molecular formula is C22H26N4. The molecule has 0 radical (unpaired) electrons. The Hall–Kier alpha value is -2.43. The van der Waals surface area contributed by atoms with Gasteiger partial charge in [0.25, 0.3) is 0 Å². The smallest absolute Gasteiger partial charge is 0.0991 e. The number of hydrogen-bond acceptors (Lipinski definition) is 3. The van der Waals surface area contributed by atoms with Crippen LogP contribution >= 0.6 is 0 Å². The van der Waals surface area contributed by atoms with Gasteiger partial charge in [0.15, 0.2) is 0 Å². The monoisotopic (exact) mass is 346 g/mol. The van der Waals surface area contributed by atoms with Crippen molar-refractivity contribution >= 4 is 0 Å². The molecule has 4 nitrogen and oxygen atoms in total. The summed E-state index contributed by atoms with van der Waals surface area (Å²) < 4.78 is 2.02. The zero-order valence-corrected chi connectivity index (χ0v) is 15.3. The Kier molecular flexibility index (Phi) is 5.14. The number of aromatic nitrogens is 2. The first-order valence-corrected chi connectivity index (χ1v) is 9.38. The van der Waals surface area contributed by atoms with E-state index in [0.29, 0.717) is 6.04 Å². The predicted molar refractivity (Wildman–Crippen MR) is 105 cm³/mol.